The van der Waals surface area contributed by atoms with Crippen molar-refractivity contribution in [3.8, 4) is 17.2 Å². The normalized spacial score (nSPS) is 17.1. The Labute approximate surface area is 229 Å². The number of nitrogens with one attached hydrogen (secondary N) is 2. The van der Waals surface area contributed by atoms with Crippen LogP contribution in [0, 0.1) is 0 Å². The summed E-state index contributed by atoms with van der Waals surface area (Å²) in [7, 11) is 0. The number of thioether (sulfide) groups is 1. The fraction of sp³-hybridized carbons (Fsp3) is 0.207. The highest BCUT2D eigenvalue weighted by atomic mass is 79.9. The minimum atomic E-state index is -0.230. The second kappa shape index (κ2) is 11.4. The minimum absolute atomic E-state index is 0.0998. The molecule has 0 spiro atoms. The third-order valence-corrected chi connectivity index (χ3v) is 7.63. The lowest BCUT2D eigenvalue weighted by atomic mass is 10.1. The van der Waals surface area contributed by atoms with Gasteiger partial charge >= 0.3 is 0 Å². The summed E-state index contributed by atoms with van der Waals surface area (Å²) in [6, 6.07) is 18.0. The van der Waals surface area contributed by atoms with Crippen LogP contribution in [-0.2, 0) is 24.2 Å². The molecule has 5 rings (SSSR count). The maximum Gasteiger partial charge on any atom is 0.260 e. The quantitative estimate of drug-likeness (QED) is 0.219. The first-order chi connectivity index (χ1) is 18.0. The first-order valence-electron chi connectivity index (χ1n) is 12.0. The lowest BCUT2D eigenvalue weighted by molar-refractivity contribution is -0.116. The van der Waals surface area contributed by atoms with Gasteiger partial charge in [0, 0.05) is 5.69 Å². The van der Waals surface area contributed by atoms with E-state index < -0.39 is 0 Å². The molecule has 8 heteroatoms. The molecule has 0 aromatic heterocycles. The van der Waals surface area contributed by atoms with Gasteiger partial charge in [0.05, 0.1) is 9.38 Å². The molecular weight excluding hydrogens is 552 g/mol. The molecule has 1 saturated heterocycles. The number of hydrogen-bond donors (Lipinski definition) is 2. The minimum Gasteiger partial charge on any atom is -0.487 e. The van der Waals surface area contributed by atoms with Crippen LogP contribution in [0.15, 0.2) is 76.6 Å². The standard InChI is InChI=1S/C29H27BrN2O4S/c1-3-5-21-12-20(13-23(30)27(21)34-16-19-8-11-24-25(14-19)36-17-35-24)15-26-28(33)32-29(37-26)31-22-9-6-18(4-2)7-10-22/h3,6-15,29,31H,1,4-5,16-17H2,2H3,(H,32,33)/b26-15-/t29-/m1/s1. The Bertz CT molecular complexity index is 1360. The third kappa shape index (κ3) is 5.97. The van der Waals surface area contributed by atoms with E-state index in [2.05, 4.69) is 52.2 Å². The molecule has 0 saturated carbocycles. The number of benzene rings is 3. The van der Waals surface area contributed by atoms with Gasteiger partial charge in [-0.2, -0.15) is 0 Å². The van der Waals surface area contributed by atoms with Crippen LogP contribution >= 0.6 is 27.7 Å². The van der Waals surface area contributed by atoms with Crippen molar-refractivity contribution >= 4 is 45.4 Å². The van der Waals surface area contributed by atoms with Crippen LogP contribution in [0.25, 0.3) is 6.08 Å². The summed E-state index contributed by atoms with van der Waals surface area (Å²) < 4.78 is 17.9. The molecule has 1 amide bonds. The van der Waals surface area contributed by atoms with Crippen molar-refractivity contribution in [3.05, 3.63) is 98.9 Å². The van der Waals surface area contributed by atoms with Crippen LogP contribution in [0.2, 0.25) is 0 Å². The first-order valence-corrected chi connectivity index (χ1v) is 13.7. The smallest absolute Gasteiger partial charge is 0.260 e. The highest BCUT2D eigenvalue weighted by molar-refractivity contribution is 9.10. The van der Waals surface area contributed by atoms with Gasteiger partial charge < -0.3 is 24.8 Å². The van der Waals surface area contributed by atoms with E-state index in [1.807, 2.05) is 54.6 Å². The van der Waals surface area contributed by atoms with Gasteiger partial charge in [-0.3, -0.25) is 4.79 Å². The molecule has 2 aliphatic rings. The monoisotopic (exact) mass is 578 g/mol. The predicted molar refractivity (Wildman–Crippen MR) is 152 cm³/mol. The Morgan fingerprint density at radius 2 is 1.92 bits per heavy atom. The zero-order chi connectivity index (χ0) is 25.8. The molecule has 3 aromatic carbocycles. The Kier molecular flexibility index (Phi) is 7.76. The van der Waals surface area contributed by atoms with E-state index in [4.69, 9.17) is 14.2 Å². The van der Waals surface area contributed by atoms with Crippen LogP contribution in [0.5, 0.6) is 17.2 Å². The number of ether oxygens (including phenoxy) is 3. The zero-order valence-corrected chi connectivity index (χ0v) is 22.8. The van der Waals surface area contributed by atoms with E-state index >= 15 is 0 Å². The van der Waals surface area contributed by atoms with E-state index in [0.717, 1.165) is 50.5 Å². The SMILES string of the molecule is C=CCc1cc(/C=C2\S[C@H](Nc3ccc(CC)cc3)NC2=O)cc(Br)c1OCc1ccc2c(c1)OCO2. The lowest BCUT2D eigenvalue weighted by Gasteiger charge is -2.14. The predicted octanol–water partition coefficient (Wildman–Crippen LogP) is 6.65. The number of anilines is 1. The molecule has 2 aliphatic heterocycles. The largest absolute Gasteiger partial charge is 0.487 e. The molecule has 3 aromatic rings. The van der Waals surface area contributed by atoms with Crippen molar-refractivity contribution < 1.29 is 19.0 Å². The number of aryl methyl sites for hydroxylation is 1. The molecule has 0 radical (unpaired) electrons. The Balaban J connectivity index is 1.30. The lowest BCUT2D eigenvalue weighted by Crippen LogP contribution is -2.30. The van der Waals surface area contributed by atoms with Gasteiger partial charge in [-0.15, -0.1) is 6.58 Å². The summed E-state index contributed by atoms with van der Waals surface area (Å²) in [5.74, 6) is 2.12. The summed E-state index contributed by atoms with van der Waals surface area (Å²) in [6.45, 7) is 6.65. The third-order valence-electron chi connectivity index (χ3n) is 6.02. The van der Waals surface area contributed by atoms with Crippen molar-refractivity contribution in [1.82, 2.24) is 5.32 Å². The molecule has 6 nitrogen and oxygen atoms in total. The van der Waals surface area contributed by atoms with E-state index in [0.29, 0.717) is 17.9 Å². The molecule has 37 heavy (non-hydrogen) atoms. The highest BCUT2D eigenvalue weighted by Crippen LogP contribution is 2.37. The number of rotatable bonds is 9. The summed E-state index contributed by atoms with van der Waals surface area (Å²) in [6.07, 6.45) is 5.37. The van der Waals surface area contributed by atoms with Crippen molar-refractivity contribution in [3.63, 3.8) is 0 Å². The molecular formula is C29H27BrN2O4S. The van der Waals surface area contributed by atoms with Crippen molar-refractivity contribution in [1.29, 1.82) is 0 Å². The number of carbonyl (C=O) groups is 1. The van der Waals surface area contributed by atoms with Crippen molar-refractivity contribution in [2.75, 3.05) is 12.1 Å². The first kappa shape index (κ1) is 25.3. The van der Waals surface area contributed by atoms with E-state index in [9.17, 15) is 4.79 Å². The molecule has 0 unspecified atom stereocenters. The summed E-state index contributed by atoms with van der Waals surface area (Å²) in [5, 5.41) is 6.37. The summed E-state index contributed by atoms with van der Waals surface area (Å²) in [5.41, 5.74) is 4.88. The Morgan fingerprint density at radius 3 is 2.70 bits per heavy atom. The fourth-order valence-electron chi connectivity index (χ4n) is 4.12. The summed E-state index contributed by atoms with van der Waals surface area (Å²) >= 11 is 5.14. The van der Waals surface area contributed by atoms with Gasteiger partial charge in [0.15, 0.2) is 17.0 Å². The molecule has 0 bridgehead atoms. The van der Waals surface area contributed by atoms with Gasteiger partial charge in [0.25, 0.3) is 5.91 Å². The van der Waals surface area contributed by atoms with Crippen molar-refractivity contribution in [2.24, 2.45) is 0 Å². The molecule has 2 heterocycles. The van der Waals surface area contributed by atoms with E-state index in [1.54, 1.807) is 0 Å². The van der Waals surface area contributed by atoms with Crippen LogP contribution < -0.4 is 24.8 Å². The number of halogens is 1. The van der Waals surface area contributed by atoms with Gasteiger partial charge in [0.1, 0.15) is 12.4 Å². The second-order valence-corrected chi connectivity index (χ2v) is 10.6. The van der Waals surface area contributed by atoms with Crippen LogP contribution in [0.4, 0.5) is 5.69 Å². The second-order valence-electron chi connectivity index (χ2n) is 8.63. The highest BCUT2D eigenvalue weighted by Gasteiger charge is 2.27. The van der Waals surface area contributed by atoms with Crippen LogP contribution in [-0.4, -0.2) is 18.2 Å². The number of allylic oxidation sites excluding steroid dienone is 1. The molecule has 190 valence electrons. The van der Waals surface area contributed by atoms with Crippen molar-refractivity contribution in [2.45, 2.75) is 31.9 Å². The molecule has 2 N–H and O–H groups in total. The Hall–Kier alpha value is -3.36. The maximum absolute atomic E-state index is 12.7. The topological polar surface area (TPSA) is 68.8 Å². The average molecular weight is 580 g/mol. The van der Waals surface area contributed by atoms with Crippen LogP contribution in [0.1, 0.15) is 29.2 Å². The average Bonchev–Trinajstić information content (AvgIpc) is 3.49. The number of amides is 1. The van der Waals surface area contributed by atoms with E-state index in [1.165, 1.54) is 17.3 Å². The van der Waals surface area contributed by atoms with Gasteiger partial charge in [-0.1, -0.05) is 43.0 Å². The van der Waals surface area contributed by atoms with Gasteiger partial charge in [0.2, 0.25) is 6.79 Å². The number of fused-ring (bicyclic) bond motifs is 1. The molecule has 1 atom stereocenters. The van der Waals surface area contributed by atoms with Gasteiger partial charge in [-0.05, 0) is 93.5 Å². The fourth-order valence-corrected chi connectivity index (χ4v) is 5.74. The molecule has 1 fully saturated rings. The zero-order valence-electron chi connectivity index (χ0n) is 20.4. The van der Waals surface area contributed by atoms with E-state index in [-0.39, 0.29) is 18.2 Å². The number of carbonyl (C=O) groups excluding carboxylic acids is 1. The molecule has 0 aliphatic carbocycles. The maximum atomic E-state index is 12.7. The number of hydrogen-bond acceptors (Lipinski definition) is 6. The van der Waals surface area contributed by atoms with Crippen LogP contribution in [0.3, 0.4) is 0 Å². The summed E-state index contributed by atoms with van der Waals surface area (Å²) in [4.78, 5) is 13.3. The van der Waals surface area contributed by atoms with Gasteiger partial charge in [-0.25, -0.2) is 0 Å². The Morgan fingerprint density at radius 1 is 1.14 bits per heavy atom.